The van der Waals surface area contributed by atoms with E-state index in [0.717, 1.165) is 29.9 Å². The lowest BCUT2D eigenvalue weighted by Crippen LogP contribution is -2.46. The largest absolute Gasteiger partial charge is 0.454 e. The third kappa shape index (κ3) is 3.35. The van der Waals surface area contributed by atoms with E-state index >= 15 is 0 Å². The fourth-order valence-corrected chi connectivity index (χ4v) is 3.06. The van der Waals surface area contributed by atoms with Crippen LogP contribution in [0.25, 0.3) is 0 Å². The summed E-state index contributed by atoms with van der Waals surface area (Å²) >= 11 is 0. The average molecular weight is 304 g/mol. The third-order valence-corrected chi connectivity index (χ3v) is 4.61. The minimum Gasteiger partial charge on any atom is -0.454 e. The van der Waals surface area contributed by atoms with Crippen molar-refractivity contribution in [2.45, 2.75) is 51.2 Å². The van der Waals surface area contributed by atoms with Crippen molar-refractivity contribution in [2.24, 2.45) is 0 Å². The maximum absolute atomic E-state index is 12.3. The molecular weight excluding hydrogens is 280 g/mol. The number of amides is 1. The third-order valence-electron chi connectivity index (χ3n) is 4.61. The predicted octanol–water partition coefficient (Wildman–Crippen LogP) is 2.29. The molecule has 3 rings (SSSR count). The zero-order valence-corrected chi connectivity index (χ0v) is 13.3. The van der Waals surface area contributed by atoms with Crippen LogP contribution < -0.4 is 14.8 Å². The number of hydrogen-bond acceptors (Lipinski definition) is 4. The number of nitrogens with zero attached hydrogens (tertiary/aromatic N) is 1. The molecule has 1 aromatic rings. The molecule has 1 aliphatic carbocycles. The number of nitrogens with one attached hydrogen (secondary N) is 1. The van der Waals surface area contributed by atoms with Gasteiger partial charge in [-0.05, 0) is 44.5 Å². The van der Waals surface area contributed by atoms with Crippen LogP contribution in [0.1, 0.15) is 38.2 Å². The van der Waals surface area contributed by atoms with E-state index in [1.54, 1.807) is 0 Å². The highest BCUT2D eigenvalue weighted by molar-refractivity contribution is 5.81. The van der Waals surface area contributed by atoms with Crippen molar-refractivity contribution in [1.29, 1.82) is 0 Å². The second-order valence-corrected chi connectivity index (χ2v) is 6.27. The summed E-state index contributed by atoms with van der Waals surface area (Å²) in [6.07, 6.45) is 4.69. The Bertz CT molecular complexity index is 541. The molecular formula is C17H24N2O3. The Kier molecular flexibility index (Phi) is 4.52. The van der Waals surface area contributed by atoms with Gasteiger partial charge in [0.2, 0.25) is 12.7 Å². The van der Waals surface area contributed by atoms with Gasteiger partial charge < -0.3 is 14.8 Å². The molecule has 1 fully saturated rings. The fraction of sp³-hybridized carbons (Fsp3) is 0.588. The van der Waals surface area contributed by atoms with E-state index in [2.05, 4.69) is 10.2 Å². The van der Waals surface area contributed by atoms with E-state index < -0.39 is 0 Å². The number of carbonyl (C=O) groups is 1. The lowest BCUT2D eigenvalue weighted by atomic mass is 10.1. The number of fused-ring (bicyclic) bond motifs is 1. The second kappa shape index (κ2) is 6.57. The van der Waals surface area contributed by atoms with Crippen molar-refractivity contribution in [3.05, 3.63) is 23.8 Å². The lowest BCUT2D eigenvalue weighted by molar-refractivity contribution is -0.126. The van der Waals surface area contributed by atoms with Crippen LogP contribution in [0.3, 0.4) is 0 Å². The Morgan fingerprint density at radius 1 is 1.32 bits per heavy atom. The Balaban J connectivity index is 1.56. The highest BCUT2D eigenvalue weighted by atomic mass is 16.7. The summed E-state index contributed by atoms with van der Waals surface area (Å²) in [6.45, 7) is 2.95. The van der Waals surface area contributed by atoms with Gasteiger partial charge in [-0.3, -0.25) is 9.69 Å². The highest BCUT2D eigenvalue weighted by Crippen LogP contribution is 2.32. The van der Waals surface area contributed by atoms with Crippen molar-refractivity contribution in [3.8, 4) is 11.5 Å². The van der Waals surface area contributed by atoms with E-state index in [9.17, 15) is 4.79 Å². The molecule has 1 atom stereocenters. The molecule has 1 N–H and O–H groups in total. The van der Waals surface area contributed by atoms with Gasteiger partial charge in [0.15, 0.2) is 11.5 Å². The molecule has 22 heavy (non-hydrogen) atoms. The maximum atomic E-state index is 12.3. The summed E-state index contributed by atoms with van der Waals surface area (Å²) in [7, 11) is 1.98. The normalized spacial score (nSPS) is 18.7. The van der Waals surface area contributed by atoms with Gasteiger partial charge in [0, 0.05) is 12.6 Å². The van der Waals surface area contributed by atoms with E-state index in [1.807, 2.05) is 32.2 Å². The van der Waals surface area contributed by atoms with Crippen LogP contribution in [0.5, 0.6) is 11.5 Å². The Labute approximate surface area is 131 Å². The molecule has 0 aromatic heterocycles. The summed E-state index contributed by atoms with van der Waals surface area (Å²) in [5.74, 6) is 1.70. The SMILES string of the molecule is CC(C(=O)NC1CCCC1)N(C)Cc1ccc2c(c1)OCO2. The Morgan fingerprint density at radius 3 is 2.82 bits per heavy atom. The number of likely N-dealkylation sites (N-methyl/N-ethyl adjacent to an activating group) is 1. The standard InChI is InChI=1S/C17H24N2O3/c1-12(17(20)18-14-5-3-4-6-14)19(2)10-13-7-8-15-16(9-13)22-11-21-15/h7-9,12,14H,3-6,10-11H2,1-2H3,(H,18,20). The van der Waals surface area contributed by atoms with Gasteiger partial charge >= 0.3 is 0 Å². The molecule has 1 amide bonds. The van der Waals surface area contributed by atoms with Crippen LogP contribution in [-0.4, -0.2) is 36.7 Å². The average Bonchev–Trinajstić information content (AvgIpc) is 3.16. The van der Waals surface area contributed by atoms with Crippen LogP contribution >= 0.6 is 0 Å². The van der Waals surface area contributed by atoms with Crippen molar-refractivity contribution < 1.29 is 14.3 Å². The summed E-state index contributed by atoms with van der Waals surface area (Å²) in [5.41, 5.74) is 1.12. The van der Waals surface area contributed by atoms with E-state index in [1.165, 1.54) is 12.8 Å². The molecule has 1 aromatic carbocycles. The number of hydrogen-bond donors (Lipinski definition) is 1. The Morgan fingerprint density at radius 2 is 2.05 bits per heavy atom. The van der Waals surface area contributed by atoms with Gasteiger partial charge in [-0.1, -0.05) is 18.9 Å². The number of rotatable bonds is 5. The van der Waals surface area contributed by atoms with Gasteiger partial charge in [-0.25, -0.2) is 0 Å². The molecule has 0 bridgehead atoms. The van der Waals surface area contributed by atoms with Gasteiger partial charge in [0.1, 0.15) is 0 Å². The summed E-state index contributed by atoms with van der Waals surface area (Å²) in [5, 5.41) is 3.16. The van der Waals surface area contributed by atoms with Gasteiger partial charge in [-0.2, -0.15) is 0 Å². The minimum absolute atomic E-state index is 0.121. The zero-order chi connectivity index (χ0) is 15.5. The van der Waals surface area contributed by atoms with Crippen molar-refractivity contribution in [3.63, 3.8) is 0 Å². The first-order valence-corrected chi connectivity index (χ1v) is 8.02. The first-order valence-electron chi connectivity index (χ1n) is 8.02. The molecule has 5 heteroatoms. The molecule has 0 radical (unpaired) electrons. The molecule has 1 heterocycles. The highest BCUT2D eigenvalue weighted by Gasteiger charge is 2.23. The fourth-order valence-electron chi connectivity index (χ4n) is 3.06. The van der Waals surface area contributed by atoms with Crippen LogP contribution in [0.2, 0.25) is 0 Å². The van der Waals surface area contributed by atoms with E-state index in [4.69, 9.17) is 9.47 Å². The van der Waals surface area contributed by atoms with Crippen LogP contribution in [-0.2, 0) is 11.3 Å². The van der Waals surface area contributed by atoms with Crippen LogP contribution in [0.4, 0.5) is 0 Å². The number of benzene rings is 1. The molecule has 1 saturated carbocycles. The smallest absolute Gasteiger partial charge is 0.237 e. The quantitative estimate of drug-likeness (QED) is 0.907. The van der Waals surface area contributed by atoms with Crippen LogP contribution in [0, 0.1) is 0 Å². The van der Waals surface area contributed by atoms with Crippen molar-refractivity contribution in [1.82, 2.24) is 10.2 Å². The molecule has 5 nitrogen and oxygen atoms in total. The summed E-state index contributed by atoms with van der Waals surface area (Å²) in [4.78, 5) is 14.4. The molecule has 2 aliphatic rings. The number of carbonyl (C=O) groups excluding carboxylic acids is 1. The first kappa shape index (κ1) is 15.2. The zero-order valence-electron chi connectivity index (χ0n) is 13.3. The predicted molar refractivity (Wildman–Crippen MR) is 83.9 cm³/mol. The van der Waals surface area contributed by atoms with Crippen LogP contribution in [0.15, 0.2) is 18.2 Å². The summed E-state index contributed by atoms with van der Waals surface area (Å²) in [6, 6.07) is 6.15. The molecule has 1 unspecified atom stereocenters. The second-order valence-electron chi connectivity index (χ2n) is 6.27. The van der Waals surface area contributed by atoms with E-state index in [0.29, 0.717) is 12.6 Å². The summed E-state index contributed by atoms with van der Waals surface area (Å²) < 4.78 is 10.7. The molecule has 120 valence electrons. The minimum atomic E-state index is -0.147. The first-order chi connectivity index (χ1) is 10.6. The maximum Gasteiger partial charge on any atom is 0.237 e. The topological polar surface area (TPSA) is 50.8 Å². The van der Waals surface area contributed by atoms with Gasteiger partial charge in [0.25, 0.3) is 0 Å². The lowest BCUT2D eigenvalue weighted by Gasteiger charge is -2.25. The van der Waals surface area contributed by atoms with Gasteiger partial charge in [0.05, 0.1) is 6.04 Å². The molecule has 0 saturated heterocycles. The van der Waals surface area contributed by atoms with Crippen molar-refractivity contribution >= 4 is 5.91 Å². The van der Waals surface area contributed by atoms with Crippen molar-refractivity contribution in [2.75, 3.05) is 13.8 Å². The molecule has 1 aliphatic heterocycles. The Hall–Kier alpha value is -1.75. The van der Waals surface area contributed by atoms with E-state index in [-0.39, 0.29) is 18.7 Å². The molecule has 0 spiro atoms. The number of ether oxygens (including phenoxy) is 2. The monoisotopic (exact) mass is 304 g/mol. The van der Waals surface area contributed by atoms with Gasteiger partial charge in [-0.15, -0.1) is 0 Å².